The summed E-state index contributed by atoms with van der Waals surface area (Å²) in [5.41, 5.74) is 1.33. The third-order valence-corrected chi connectivity index (χ3v) is 8.67. The molecule has 0 spiro atoms. The van der Waals surface area contributed by atoms with Crippen LogP contribution < -0.4 is 0 Å². The third-order valence-electron chi connectivity index (χ3n) is 3.32. The number of sulfone groups is 1. The van der Waals surface area contributed by atoms with Crippen LogP contribution in [0.1, 0.15) is 23.7 Å². The SMILES string of the molecule is CCC([Se]CCS(=O)(=O)c1ccccc1)c1ccccc1. The van der Waals surface area contributed by atoms with E-state index in [0.29, 0.717) is 24.7 Å². The van der Waals surface area contributed by atoms with Crippen LogP contribution in [-0.2, 0) is 9.84 Å². The molecule has 0 aliphatic rings. The van der Waals surface area contributed by atoms with E-state index in [1.165, 1.54) is 5.56 Å². The Balaban J connectivity index is 1.94. The normalized spacial score (nSPS) is 13.0. The van der Waals surface area contributed by atoms with Gasteiger partial charge in [-0.15, -0.1) is 0 Å². The molecule has 112 valence electrons. The van der Waals surface area contributed by atoms with Crippen molar-refractivity contribution in [1.82, 2.24) is 0 Å². The molecule has 2 aromatic carbocycles. The summed E-state index contributed by atoms with van der Waals surface area (Å²) in [6.45, 7) is 2.17. The zero-order chi connectivity index (χ0) is 15.1. The van der Waals surface area contributed by atoms with Crippen LogP contribution in [0.15, 0.2) is 65.6 Å². The molecule has 2 aromatic rings. The van der Waals surface area contributed by atoms with Crippen LogP contribution in [0.2, 0.25) is 5.32 Å². The molecule has 0 heterocycles. The first-order chi connectivity index (χ1) is 10.1. The van der Waals surface area contributed by atoms with Crippen molar-refractivity contribution in [1.29, 1.82) is 0 Å². The summed E-state index contributed by atoms with van der Waals surface area (Å²) in [5, 5.41) is 0.762. The first kappa shape index (κ1) is 16.3. The Morgan fingerprint density at radius 3 is 2.10 bits per heavy atom. The van der Waals surface area contributed by atoms with Gasteiger partial charge in [-0.05, 0) is 0 Å². The number of rotatable bonds is 7. The fourth-order valence-electron chi connectivity index (χ4n) is 2.16. The van der Waals surface area contributed by atoms with Crippen molar-refractivity contribution < 1.29 is 8.42 Å². The molecule has 0 saturated carbocycles. The van der Waals surface area contributed by atoms with E-state index in [4.69, 9.17) is 0 Å². The Labute approximate surface area is 133 Å². The molecule has 1 atom stereocenters. The minimum atomic E-state index is -3.13. The average Bonchev–Trinajstić information content (AvgIpc) is 2.53. The summed E-state index contributed by atoms with van der Waals surface area (Å²) in [6, 6.07) is 19.1. The number of benzene rings is 2. The van der Waals surface area contributed by atoms with Gasteiger partial charge in [0.1, 0.15) is 0 Å². The van der Waals surface area contributed by atoms with E-state index in [-0.39, 0.29) is 5.75 Å². The van der Waals surface area contributed by atoms with Gasteiger partial charge in [-0.2, -0.15) is 0 Å². The van der Waals surface area contributed by atoms with Crippen LogP contribution in [0.4, 0.5) is 0 Å². The van der Waals surface area contributed by atoms with E-state index in [0.717, 1.165) is 11.7 Å². The molecule has 4 heteroatoms. The molecule has 0 bridgehead atoms. The topological polar surface area (TPSA) is 34.1 Å². The van der Waals surface area contributed by atoms with Crippen molar-refractivity contribution in [2.45, 2.75) is 28.4 Å². The van der Waals surface area contributed by atoms with Gasteiger partial charge in [-0.1, -0.05) is 0 Å². The summed E-state index contributed by atoms with van der Waals surface area (Å²) in [5.74, 6) is 0.250. The molecule has 21 heavy (non-hydrogen) atoms. The predicted molar refractivity (Wildman–Crippen MR) is 88.5 cm³/mol. The standard InChI is InChI=1S/C17H20O2SSe/c1-2-17(15-9-5-3-6-10-15)21-14-13-20(18,19)16-11-7-4-8-12-16/h3-12,17H,2,13-14H2,1H3. The van der Waals surface area contributed by atoms with Crippen molar-refractivity contribution in [3.8, 4) is 0 Å². The van der Waals surface area contributed by atoms with Crippen LogP contribution in [0.3, 0.4) is 0 Å². The van der Waals surface area contributed by atoms with Crippen molar-refractivity contribution >= 4 is 24.8 Å². The van der Waals surface area contributed by atoms with Gasteiger partial charge in [-0.3, -0.25) is 0 Å². The Morgan fingerprint density at radius 2 is 1.52 bits per heavy atom. The van der Waals surface area contributed by atoms with Gasteiger partial charge in [0.15, 0.2) is 0 Å². The van der Waals surface area contributed by atoms with E-state index >= 15 is 0 Å². The van der Waals surface area contributed by atoms with Crippen molar-refractivity contribution in [3.63, 3.8) is 0 Å². The molecule has 0 fully saturated rings. The minimum absolute atomic E-state index is 0.250. The van der Waals surface area contributed by atoms with Crippen molar-refractivity contribution in [2.75, 3.05) is 5.75 Å². The van der Waals surface area contributed by atoms with Gasteiger partial charge in [-0.25, -0.2) is 0 Å². The van der Waals surface area contributed by atoms with Crippen LogP contribution in [0, 0.1) is 0 Å². The molecule has 0 N–H and O–H groups in total. The molecule has 0 aromatic heterocycles. The van der Waals surface area contributed by atoms with E-state index in [9.17, 15) is 8.42 Å². The Kier molecular flexibility index (Phi) is 6.04. The van der Waals surface area contributed by atoms with E-state index < -0.39 is 9.84 Å². The van der Waals surface area contributed by atoms with Gasteiger partial charge in [0.05, 0.1) is 0 Å². The maximum absolute atomic E-state index is 12.2. The Morgan fingerprint density at radius 1 is 0.952 bits per heavy atom. The maximum atomic E-state index is 12.2. The summed E-state index contributed by atoms with van der Waals surface area (Å²) < 4.78 is 24.5. The number of hydrogen-bond donors (Lipinski definition) is 0. The molecule has 2 nitrogen and oxygen atoms in total. The van der Waals surface area contributed by atoms with Gasteiger partial charge in [0, 0.05) is 0 Å². The summed E-state index contributed by atoms with van der Waals surface area (Å²) in [7, 11) is -3.13. The summed E-state index contributed by atoms with van der Waals surface area (Å²) in [4.78, 5) is 0.943. The van der Waals surface area contributed by atoms with Crippen LogP contribution in [0.5, 0.6) is 0 Å². The van der Waals surface area contributed by atoms with Gasteiger partial charge in [0.2, 0.25) is 0 Å². The first-order valence-electron chi connectivity index (χ1n) is 7.08. The van der Waals surface area contributed by atoms with Gasteiger partial charge < -0.3 is 0 Å². The Hall–Kier alpha value is -1.09. The molecule has 0 saturated heterocycles. The molecule has 0 aliphatic heterocycles. The zero-order valence-electron chi connectivity index (χ0n) is 12.1. The molecule has 0 aliphatic carbocycles. The molecule has 0 radical (unpaired) electrons. The van der Waals surface area contributed by atoms with Crippen LogP contribution >= 0.6 is 0 Å². The summed E-state index contributed by atoms with van der Waals surface area (Å²) in [6.07, 6.45) is 1.06. The number of hydrogen-bond acceptors (Lipinski definition) is 2. The molecule has 2 rings (SSSR count). The molecular formula is C17H20O2SSe. The molecule has 1 unspecified atom stereocenters. The van der Waals surface area contributed by atoms with E-state index in [2.05, 4.69) is 31.2 Å². The fourth-order valence-corrected chi connectivity index (χ4v) is 7.10. The second-order valence-electron chi connectivity index (χ2n) is 4.81. The predicted octanol–water partition coefficient (Wildman–Crippen LogP) is 3.73. The van der Waals surface area contributed by atoms with Crippen LogP contribution in [-0.4, -0.2) is 29.1 Å². The monoisotopic (exact) mass is 368 g/mol. The first-order valence-corrected chi connectivity index (χ1v) is 10.9. The third kappa shape index (κ3) is 4.70. The van der Waals surface area contributed by atoms with E-state index in [1.54, 1.807) is 24.3 Å². The van der Waals surface area contributed by atoms with E-state index in [1.807, 2.05) is 12.1 Å². The second kappa shape index (κ2) is 7.79. The van der Waals surface area contributed by atoms with Gasteiger partial charge in [0.25, 0.3) is 0 Å². The van der Waals surface area contributed by atoms with Gasteiger partial charge >= 0.3 is 134 Å². The summed E-state index contributed by atoms with van der Waals surface area (Å²) >= 11 is 0.304. The average molecular weight is 367 g/mol. The molecular weight excluding hydrogens is 347 g/mol. The zero-order valence-corrected chi connectivity index (χ0v) is 14.6. The quantitative estimate of drug-likeness (QED) is 0.699. The van der Waals surface area contributed by atoms with Crippen molar-refractivity contribution in [2.24, 2.45) is 0 Å². The van der Waals surface area contributed by atoms with Crippen molar-refractivity contribution in [3.05, 3.63) is 66.2 Å². The molecule has 0 amide bonds. The Bertz CT molecular complexity index is 639. The van der Waals surface area contributed by atoms with Crippen LogP contribution in [0.25, 0.3) is 0 Å². The fraction of sp³-hybridized carbons (Fsp3) is 0.294. The second-order valence-corrected chi connectivity index (χ2v) is 9.67.